The molecule has 4 saturated carbocycles. The molecular weight excluding hydrogens is 625 g/mol. The van der Waals surface area contributed by atoms with Gasteiger partial charge in [-0.1, -0.05) is 95.9 Å². The molecule has 50 heavy (non-hydrogen) atoms. The molecule has 278 valence electrons. The van der Waals surface area contributed by atoms with Crippen LogP contribution in [0.4, 0.5) is 0 Å². The molecule has 2 nitrogen and oxygen atoms in total. The summed E-state index contributed by atoms with van der Waals surface area (Å²) in [6.07, 6.45) is 44.2. The Morgan fingerprint density at radius 1 is 0.820 bits per heavy atom. The number of rotatable bonds is 12. The Morgan fingerprint density at radius 3 is 2.36 bits per heavy atom. The summed E-state index contributed by atoms with van der Waals surface area (Å²) < 4.78 is 0. The van der Waals surface area contributed by atoms with Gasteiger partial charge in [0.1, 0.15) is 0 Å². The molecule has 0 aromatic heterocycles. The molecule has 1 saturated heterocycles. The Kier molecular flexibility index (Phi) is 13.2. The number of hydrogen-bond acceptors (Lipinski definition) is 3. The lowest BCUT2D eigenvalue weighted by molar-refractivity contribution is 0.102. The van der Waals surface area contributed by atoms with E-state index in [-0.39, 0.29) is 0 Å². The van der Waals surface area contributed by atoms with Crippen LogP contribution in [0, 0.1) is 64.6 Å². The minimum absolute atomic E-state index is 0.309. The van der Waals surface area contributed by atoms with Gasteiger partial charge in [-0.25, -0.2) is 0 Å². The second-order valence-electron chi connectivity index (χ2n) is 18.9. The van der Waals surface area contributed by atoms with E-state index in [9.17, 15) is 5.26 Å². The Labute approximate surface area is 313 Å². The van der Waals surface area contributed by atoms with E-state index in [4.69, 9.17) is 0 Å². The van der Waals surface area contributed by atoms with Crippen molar-refractivity contribution in [2.75, 3.05) is 0 Å². The molecule has 0 bridgehead atoms. The van der Waals surface area contributed by atoms with E-state index in [1.54, 1.807) is 5.70 Å². The topological polar surface area (TPSA) is 27.0 Å². The van der Waals surface area contributed by atoms with Gasteiger partial charge in [-0.05, 0) is 156 Å². The predicted molar refractivity (Wildman–Crippen MR) is 215 cm³/mol. The summed E-state index contributed by atoms with van der Waals surface area (Å²) in [6, 6.07) is 4.01. The van der Waals surface area contributed by atoms with Crippen LogP contribution >= 0.6 is 11.8 Å². The van der Waals surface area contributed by atoms with Crippen LogP contribution in [0.3, 0.4) is 0 Å². The fourth-order valence-electron chi connectivity index (χ4n) is 12.7. The number of hydrogen-bond donors (Lipinski definition) is 0. The summed E-state index contributed by atoms with van der Waals surface area (Å²) in [7, 11) is 0. The Hall–Kier alpha value is -1.14. The molecule has 5 fully saturated rings. The van der Waals surface area contributed by atoms with Gasteiger partial charge in [-0.15, -0.1) is 0 Å². The molecule has 11 atom stereocenters. The predicted octanol–water partition coefficient (Wildman–Crippen LogP) is 13.4. The highest BCUT2D eigenvalue weighted by Crippen LogP contribution is 2.52. The second-order valence-corrected chi connectivity index (χ2v) is 20.3. The maximum Gasteiger partial charge on any atom is 0.0656 e. The SMILES string of the molecule is CCCCC(CC)CC(C)C1CCC(N(C2=CCC(C3CC4CCC(C#N)CC4S3)C=C2)C2CC=C(C3CCC4CCCCC4C3)CC2)CC1. The maximum atomic E-state index is 9.57. The van der Waals surface area contributed by atoms with Crippen molar-refractivity contribution in [2.45, 2.75) is 197 Å². The smallest absolute Gasteiger partial charge is 0.0656 e. The molecule has 7 aliphatic rings. The zero-order valence-corrected chi connectivity index (χ0v) is 33.4. The van der Waals surface area contributed by atoms with E-state index in [2.05, 4.69) is 67.8 Å². The van der Waals surface area contributed by atoms with Gasteiger partial charge in [0.25, 0.3) is 0 Å². The normalized spacial score (nSPS) is 40.1. The molecule has 11 unspecified atom stereocenters. The van der Waals surface area contributed by atoms with Gasteiger partial charge in [0.05, 0.1) is 6.07 Å². The summed E-state index contributed by atoms with van der Waals surface area (Å²) in [5.41, 5.74) is 3.45. The summed E-state index contributed by atoms with van der Waals surface area (Å²) in [6.45, 7) is 7.40. The zero-order chi connectivity index (χ0) is 34.5. The maximum absolute atomic E-state index is 9.57. The first-order valence-electron chi connectivity index (χ1n) is 22.4. The van der Waals surface area contributed by atoms with E-state index in [1.807, 2.05) is 5.57 Å². The van der Waals surface area contributed by atoms with E-state index >= 15 is 0 Å². The van der Waals surface area contributed by atoms with E-state index in [0.29, 0.717) is 17.9 Å². The van der Waals surface area contributed by atoms with Crippen molar-refractivity contribution >= 4 is 11.8 Å². The standard InChI is InChI=1S/C47H74N2S/c1-4-6-9-34(5-2)28-33(3)36-16-22-43(23-17-36)49(44-24-18-38(19-25-44)41-15-14-37-10-7-8-11-40(37)30-41)45-26-20-39(21-27-45)47-31-42-13-12-35(32-48)29-46(42)50-47/h18,20,26-27,33-37,39-44,46-47H,4-17,19,21-25,28-31H2,1-3H3. The molecule has 3 heteroatoms. The largest absolute Gasteiger partial charge is 0.366 e. The molecule has 0 amide bonds. The van der Waals surface area contributed by atoms with Crippen molar-refractivity contribution in [3.8, 4) is 6.07 Å². The fourth-order valence-corrected chi connectivity index (χ4v) is 14.8. The van der Waals surface area contributed by atoms with Crippen LogP contribution in [0.2, 0.25) is 0 Å². The van der Waals surface area contributed by atoms with Crippen LogP contribution in [0.1, 0.15) is 175 Å². The Balaban J connectivity index is 1.00. The Morgan fingerprint density at radius 2 is 1.64 bits per heavy atom. The minimum Gasteiger partial charge on any atom is -0.366 e. The van der Waals surface area contributed by atoms with Crippen molar-refractivity contribution in [3.63, 3.8) is 0 Å². The molecule has 0 aromatic carbocycles. The van der Waals surface area contributed by atoms with Gasteiger partial charge in [0, 0.05) is 34.2 Å². The molecular formula is C47H74N2S. The molecule has 0 spiro atoms. The average molecular weight is 699 g/mol. The number of nitriles is 1. The lowest BCUT2D eigenvalue weighted by atomic mass is 9.65. The van der Waals surface area contributed by atoms with Gasteiger partial charge in [0.15, 0.2) is 0 Å². The van der Waals surface area contributed by atoms with Crippen molar-refractivity contribution in [3.05, 3.63) is 35.6 Å². The first-order valence-corrected chi connectivity index (χ1v) is 23.4. The summed E-state index contributed by atoms with van der Waals surface area (Å²) in [5.74, 6) is 7.60. The monoisotopic (exact) mass is 699 g/mol. The van der Waals surface area contributed by atoms with Gasteiger partial charge in [-0.2, -0.15) is 17.0 Å². The quantitative estimate of drug-likeness (QED) is 0.190. The van der Waals surface area contributed by atoms with Gasteiger partial charge >= 0.3 is 0 Å². The second kappa shape index (κ2) is 17.8. The van der Waals surface area contributed by atoms with Gasteiger partial charge in [-0.3, -0.25) is 0 Å². The highest BCUT2D eigenvalue weighted by atomic mass is 32.2. The number of nitrogens with zero attached hydrogens (tertiary/aromatic N) is 2. The molecule has 7 rings (SSSR count). The summed E-state index contributed by atoms with van der Waals surface area (Å²) in [4.78, 5) is 3.02. The summed E-state index contributed by atoms with van der Waals surface area (Å²) >= 11 is 2.27. The van der Waals surface area contributed by atoms with Crippen LogP contribution < -0.4 is 0 Å². The average Bonchev–Trinajstić information content (AvgIpc) is 3.61. The molecule has 1 heterocycles. The van der Waals surface area contributed by atoms with E-state index < -0.39 is 0 Å². The van der Waals surface area contributed by atoms with Crippen LogP contribution in [-0.4, -0.2) is 27.5 Å². The third kappa shape index (κ3) is 8.79. The highest BCUT2D eigenvalue weighted by Gasteiger charge is 2.42. The molecule has 0 radical (unpaired) electrons. The van der Waals surface area contributed by atoms with Crippen LogP contribution in [0.5, 0.6) is 0 Å². The molecule has 0 aromatic rings. The lowest BCUT2D eigenvalue weighted by Gasteiger charge is -2.47. The Bertz CT molecular complexity index is 1220. The first kappa shape index (κ1) is 37.2. The lowest BCUT2D eigenvalue weighted by Crippen LogP contribution is -2.45. The van der Waals surface area contributed by atoms with Crippen LogP contribution in [0.15, 0.2) is 35.6 Å². The number of fused-ring (bicyclic) bond motifs is 2. The van der Waals surface area contributed by atoms with Crippen LogP contribution in [-0.2, 0) is 0 Å². The highest BCUT2D eigenvalue weighted by molar-refractivity contribution is 8.00. The van der Waals surface area contributed by atoms with Crippen molar-refractivity contribution in [1.82, 2.24) is 4.90 Å². The van der Waals surface area contributed by atoms with Crippen LogP contribution in [0.25, 0.3) is 0 Å². The molecule has 0 N–H and O–H groups in total. The molecule has 1 aliphatic heterocycles. The van der Waals surface area contributed by atoms with Crippen molar-refractivity contribution in [2.24, 2.45) is 53.3 Å². The van der Waals surface area contributed by atoms with E-state index in [0.717, 1.165) is 70.8 Å². The van der Waals surface area contributed by atoms with Gasteiger partial charge < -0.3 is 4.90 Å². The number of thioether (sulfide) groups is 1. The van der Waals surface area contributed by atoms with Crippen molar-refractivity contribution in [1.29, 1.82) is 5.26 Å². The number of allylic oxidation sites excluding steroid dienone is 4. The number of unbranched alkanes of at least 4 members (excludes halogenated alkanes) is 1. The third-order valence-electron chi connectivity index (χ3n) is 15.9. The van der Waals surface area contributed by atoms with Gasteiger partial charge in [0.2, 0.25) is 0 Å². The third-order valence-corrected chi connectivity index (χ3v) is 17.8. The van der Waals surface area contributed by atoms with Crippen molar-refractivity contribution < 1.29 is 0 Å². The first-order chi connectivity index (χ1) is 24.5. The minimum atomic E-state index is 0.309. The summed E-state index contributed by atoms with van der Waals surface area (Å²) in [5, 5.41) is 11.1. The zero-order valence-electron chi connectivity index (χ0n) is 32.6. The fraction of sp³-hybridized carbons (Fsp3) is 0.851. The molecule has 6 aliphatic carbocycles. The van der Waals surface area contributed by atoms with E-state index in [1.165, 1.54) is 141 Å².